The zero-order valence-electron chi connectivity index (χ0n) is 22.8. The van der Waals surface area contributed by atoms with Gasteiger partial charge in [-0.05, 0) is 122 Å². The molecule has 0 bridgehead atoms. The maximum absolute atomic E-state index is 11.1. The molecule has 2 N–H and O–H groups in total. The highest BCUT2D eigenvalue weighted by molar-refractivity contribution is 6.32. The van der Waals surface area contributed by atoms with E-state index in [9.17, 15) is 10.2 Å². The van der Waals surface area contributed by atoms with Crippen molar-refractivity contribution in [2.75, 3.05) is 26.2 Å². The van der Waals surface area contributed by atoms with Crippen molar-refractivity contribution < 1.29 is 14.9 Å². The summed E-state index contributed by atoms with van der Waals surface area (Å²) in [7, 11) is 0. The molecule has 2 saturated carbocycles. The van der Waals surface area contributed by atoms with E-state index in [1.54, 1.807) is 6.07 Å². The molecular formula is C32H44ClNO3. The minimum atomic E-state index is -0.234. The highest BCUT2D eigenvalue weighted by atomic mass is 35.5. The minimum absolute atomic E-state index is 0.0543. The third-order valence-electron chi connectivity index (χ3n) is 9.84. The van der Waals surface area contributed by atoms with Gasteiger partial charge in [-0.15, -0.1) is 0 Å². The minimum Gasteiger partial charge on any atom is -0.506 e. The van der Waals surface area contributed by atoms with E-state index in [-0.39, 0.29) is 17.3 Å². The molecule has 5 heteroatoms. The number of rotatable bonds is 9. The van der Waals surface area contributed by atoms with Gasteiger partial charge in [0.15, 0.2) is 0 Å². The highest BCUT2D eigenvalue weighted by Gasteiger charge is 2.57. The highest BCUT2D eigenvalue weighted by Crippen LogP contribution is 2.65. The van der Waals surface area contributed by atoms with E-state index < -0.39 is 0 Å². The average Bonchev–Trinajstić information content (AvgIpc) is 3.20. The van der Waals surface area contributed by atoms with Crippen LogP contribution >= 0.6 is 11.6 Å². The number of aliphatic hydroxyl groups excluding tert-OH is 1. The Hall–Kier alpha value is -1.75. The van der Waals surface area contributed by atoms with E-state index in [4.69, 9.17) is 16.3 Å². The maximum atomic E-state index is 11.1. The smallest absolute Gasteiger partial charge is 0.134 e. The molecule has 202 valence electrons. The van der Waals surface area contributed by atoms with Gasteiger partial charge in [-0.3, -0.25) is 4.90 Å². The number of ether oxygens (including phenoxy) is 1. The van der Waals surface area contributed by atoms with Crippen LogP contribution in [0, 0.1) is 17.3 Å². The van der Waals surface area contributed by atoms with Crippen LogP contribution in [0.25, 0.3) is 0 Å². The molecule has 0 unspecified atom stereocenters. The molecule has 5 rings (SSSR count). The van der Waals surface area contributed by atoms with Gasteiger partial charge in [0.1, 0.15) is 18.1 Å². The van der Waals surface area contributed by atoms with Crippen LogP contribution < -0.4 is 4.74 Å². The predicted molar refractivity (Wildman–Crippen MR) is 151 cm³/mol. The Morgan fingerprint density at radius 3 is 2.43 bits per heavy atom. The Morgan fingerprint density at radius 2 is 1.73 bits per heavy atom. The normalized spacial score (nSPS) is 30.6. The number of phenolic OH excluding ortho intramolecular Hbond substituents is 1. The van der Waals surface area contributed by atoms with Crippen molar-refractivity contribution in [3.8, 4) is 11.5 Å². The van der Waals surface area contributed by atoms with Crippen LogP contribution in [0.4, 0.5) is 0 Å². The molecule has 0 spiro atoms. The molecule has 6 atom stereocenters. The summed E-state index contributed by atoms with van der Waals surface area (Å²) in [6.45, 7) is 10.7. The SMILES string of the molecule is CCCN(CCC)CCOc1ccc([C@H]2C[C@]3(C)[C@@H](O)CC[C@H]3[C@@H]3CCc4c(ccc(O)c4Cl)[C@H]32)cc1. The van der Waals surface area contributed by atoms with E-state index >= 15 is 0 Å². The number of nitrogens with zero attached hydrogens (tertiary/aromatic N) is 1. The number of aromatic hydroxyl groups is 1. The third-order valence-corrected chi connectivity index (χ3v) is 10.3. The fourth-order valence-electron chi connectivity index (χ4n) is 8.11. The molecule has 0 amide bonds. The summed E-state index contributed by atoms with van der Waals surface area (Å²) in [4.78, 5) is 2.48. The zero-order chi connectivity index (χ0) is 26.2. The Morgan fingerprint density at radius 1 is 1.00 bits per heavy atom. The number of aliphatic hydroxyl groups is 1. The standard InChI is InChI=1S/C32H44ClNO3/c1-4-16-34(17-5-2)18-19-37-22-8-6-21(7-9-22)26-20-32(3)27(13-15-29(32)36)25-11-10-24-23(30(25)26)12-14-28(35)31(24)33/h6-9,12,14,25-27,29-30,35-36H,4-5,10-11,13,15-20H2,1-3H3/t25-,26+,27-,29-,30+,32-/m0/s1. The van der Waals surface area contributed by atoms with Crippen molar-refractivity contribution in [1.29, 1.82) is 0 Å². The topological polar surface area (TPSA) is 52.9 Å². The van der Waals surface area contributed by atoms with Gasteiger partial charge in [0, 0.05) is 6.54 Å². The van der Waals surface area contributed by atoms with Crippen LogP contribution in [-0.2, 0) is 6.42 Å². The van der Waals surface area contributed by atoms with Crippen LogP contribution in [0.5, 0.6) is 11.5 Å². The molecule has 0 radical (unpaired) electrons. The monoisotopic (exact) mass is 525 g/mol. The molecule has 0 aromatic heterocycles. The first kappa shape index (κ1) is 26.8. The van der Waals surface area contributed by atoms with Crippen molar-refractivity contribution in [1.82, 2.24) is 4.90 Å². The molecular weight excluding hydrogens is 482 g/mol. The van der Waals surface area contributed by atoms with Gasteiger partial charge in [0.2, 0.25) is 0 Å². The first-order valence-electron chi connectivity index (χ1n) is 14.5. The molecule has 0 saturated heterocycles. The molecule has 3 aliphatic rings. The average molecular weight is 526 g/mol. The summed E-state index contributed by atoms with van der Waals surface area (Å²) in [5.74, 6) is 2.82. The number of halogens is 1. The summed E-state index contributed by atoms with van der Waals surface area (Å²) in [6.07, 6.45) is 7.05. The lowest BCUT2D eigenvalue weighted by Crippen LogP contribution is -2.47. The number of hydrogen-bond donors (Lipinski definition) is 2. The van der Waals surface area contributed by atoms with Crippen molar-refractivity contribution in [2.45, 2.75) is 83.7 Å². The van der Waals surface area contributed by atoms with Crippen LogP contribution in [0.2, 0.25) is 5.02 Å². The maximum Gasteiger partial charge on any atom is 0.134 e. The van der Waals surface area contributed by atoms with Crippen LogP contribution in [0.15, 0.2) is 36.4 Å². The van der Waals surface area contributed by atoms with E-state index in [1.807, 2.05) is 0 Å². The second-order valence-corrected chi connectivity index (χ2v) is 12.3. The molecule has 2 aromatic carbocycles. The fourth-order valence-corrected chi connectivity index (χ4v) is 8.38. The lowest BCUT2D eigenvalue weighted by molar-refractivity contribution is -0.0322. The zero-order valence-corrected chi connectivity index (χ0v) is 23.5. The molecule has 4 nitrogen and oxygen atoms in total. The first-order valence-corrected chi connectivity index (χ1v) is 14.9. The quantitative estimate of drug-likeness (QED) is 0.365. The van der Waals surface area contributed by atoms with Gasteiger partial charge in [0.05, 0.1) is 11.1 Å². The number of phenols is 1. The molecule has 3 aliphatic carbocycles. The van der Waals surface area contributed by atoms with Crippen molar-refractivity contribution >= 4 is 11.6 Å². The van der Waals surface area contributed by atoms with Gasteiger partial charge in [0.25, 0.3) is 0 Å². The molecule has 2 fully saturated rings. The molecule has 2 aromatic rings. The molecule has 0 heterocycles. The van der Waals surface area contributed by atoms with E-state index in [2.05, 4.69) is 56.0 Å². The van der Waals surface area contributed by atoms with Crippen molar-refractivity contribution in [2.24, 2.45) is 17.3 Å². The second kappa shape index (κ2) is 11.2. The summed E-state index contributed by atoms with van der Waals surface area (Å²) >= 11 is 6.62. The van der Waals surface area contributed by atoms with Gasteiger partial charge in [-0.2, -0.15) is 0 Å². The van der Waals surface area contributed by atoms with E-state index in [0.29, 0.717) is 35.3 Å². The van der Waals surface area contributed by atoms with E-state index in [1.165, 1.54) is 24.0 Å². The second-order valence-electron chi connectivity index (χ2n) is 12.0. The number of hydrogen-bond acceptors (Lipinski definition) is 4. The summed E-state index contributed by atoms with van der Waals surface area (Å²) in [5, 5.41) is 21.9. The fraction of sp³-hybridized carbons (Fsp3) is 0.625. The van der Waals surface area contributed by atoms with Crippen LogP contribution in [0.3, 0.4) is 0 Å². The van der Waals surface area contributed by atoms with Crippen LogP contribution in [-0.4, -0.2) is 47.5 Å². The third kappa shape index (κ3) is 5.02. The Balaban J connectivity index is 1.40. The summed E-state index contributed by atoms with van der Waals surface area (Å²) < 4.78 is 6.14. The summed E-state index contributed by atoms with van der Waals surface area (Å²) in [5.41, 5.74) is 3.69. The number of fused-ring (bicyclic) bond motifs is 5. The van der Waals surface area contributed by atoms with Gasteiger partial charge < -0.3 is 14.9 Å². The van der Waals surface area contributed by atoms with Gasteiger partial charge >= 0.3 is 0 Å². The first-order chi connectivity index (χ1) is 17.9. The Bertz CT molecular complexity index is 1070. The predicted octanol–water partition coefficient (Wildman–Crippen LogP) is 7.16. The van der Waals surface area contributed by atoms with Gasteiger partial charge in [-0.25, -0.2) is 0 Å². The Labute approximate surface area is 228 Å². The molecule has 0 aliphatic heterocycles. The van der Waals surface area contributed by atoms with Gasteiger partial charge in [-0.1, -0.05) is 50.6 Å². The van der Waals surface area contributed by atoms with Crippen molar-refractivity contribution in [3.63, 3.8) is 0 Å². The molecule has 37 heavy (non-hydrogen) atoms. The van der Waals surface area contributed by atoms with Crippen molar-refractivity contribution in [3.05, 3.63) is 58.1 Å². The lowest BCUT2D eigenvalue weighted by Gasteiger charge is -2.54. The largest absolute Gasteiger partial charge is 0.506 e. The lowest BCUT2D eigenvalue weighted by atomic mass is 9.51. The summed E-state index contributed by atoms with van der Waals surface area (Å²) in [6, 6.07) is 12.6. The van der Waals surface area contributed by atoms with E-state index in [0.717, 1.165) is 63.1 Å². The van der Waals surface area contributed by atoms with Crippen LogP contribution in [0.1, 0.15) is 87.8 Å². The Kier molecular flexibility index (Phi) is 8.10. The number of benzene rings is 2.